The second-order valence-electron chi connectivity index (χ2n) is 7.61. The fourth-order valence-corrected chi connectivity index (χ4v) is 3.64. The third-order valence-electron chi connectivity index (χ3n) is 4.69. The van der Waals surface area contributed by atoms with E-state index in [0.717, 1.165) is 24.8 Å². The van der Waals surface area contributed by atoms with Crippen LogP contribution in [0.1, 0.15) is 51.2 Å². The summed E-state index contributed by atoms with van der Waals surface area (Å²) in [5, 5.41) is 9.29. The van der Waals surface area contributed by atoms with Crippen LogP contribution < -0.4 is 4.74 Å². The Hall–Kier alpha value is -2.48. The van der Waals surface area contributed by atoms with Gasteiger partial charge in [-0.2, -0.15) is 5.26 Å². The van der Waals surface area contributed by atoms with Gasteiger partial charge in [-0.3, -0.25) is 4.90 Å². The maximum Gasteiger partial charge on any atom is 0.411 e. The van der Waals surface area contributed by atoms with Crippen molar-refractivity contribution < 1.29 is 14.3 Å². The molecule has 1 saturated heterocycles. The van der Waals surface area contributed by atoms with E-state index < -0.39 is 5.60 Å². The molecule has 25 heavy (non-hydrogen) atoms. The molecule has 0 aromatic heterocycles. The van der Waals surface area contributed by atoms with Crippen LogP contribution in [0.2, 0.25) is 0 Å². The number of nitriles is 1. The lowest BCUT2D eigenvalue weighted by Crippen LogP contribution is -2.45. The standard InChI is InChI=1S/C20H24N2O3/c1-20(2,3)25-19(23)22-16-6-7-17(22)11-14(10-16)13-5-8-18(24-4)15(9-13)12-21/h5,8-10,16-17H,6-7,11H2,1-4H3. The molecule has 2 aliphatic rings. The van der Waals surface area contributed by atoms with Crippen LogP contribution in [-0.2, 0) is 4.74 Å². The Morgan fingerprint density at radius 3 is 2.68 bits per heavy atom. The van der Waals surface area contributed by atoms with Crippen molar-refractivity contribution in [3.63, 3.8) is 0 Å². The maximum atomic E-state index is 12.5. The molecular weight excluding hydrogens is 316 g/mol. The number of fused-ring (bicyclic) bond motifs is 2. The minimum absolute atomic E-state index is 0.0660. The number of methoxy groups -OCH3 is 1. The molecule has 1 fully saturated rings. The lowest BCUT2D eigenvalue weighted by molar-refractivity contribution is 0.0175. The molecule has 0 N–H and O–H groups in total. The lowest BCUT2D eigenvalue weighted by Gasteiger charge is -2.35. The molecule has 0 radical (unpaired) electrons. The van der Waals surface area contributed by atoms with Crippen molar-refractivity contribution in [1.82, 2.24) is 4.90 Å². The Balaban J connectivity index is 1.85. The number of ether oxygens (including phenoxy) is 2. The lowest BCUT2D eigenvalue weighted by atomic mass is 9.94. The van der Waals surface area contributed by atoms with Crippen molar-refractivity contribution in [3.8, 4) is 11.8 Å². The zero-order chi connectivity index (χ0) is 18.2. The van der Waals surface area contributed by atoms with Crippen LogP contribution in [0.3, 0.4) is 0 Å². The first-order chi connectivity index (χ1) is 11.8. The Morgan fingerprint density at radius 2 is 2.08 bits per heavy atom. The zero-order valence-corrected chi connectivity index (χ0v) is 15.2. The molecule has 1 aromatic carbocycles. The van der Waals surface area contributed by atoms with E-state index in [0.29, 0.717) is 11.3 Å². The highest BCUT2D eigenvalue weighted by molar-refractivity contribution is 5.76. The predicted molar refractivity (Wildman–Crippen MR) is 95.2 cm³/mol. The summed E-state index contributed by atoms with van der Waals surface area (Å²) >= 11 is 0. The summed E-state index contributed by atoms with van der Waals surface area (Å²) in [7, 11) is 1.56. The van der Waals surface area contributed by atoms with Gasteiger partial charge < -0.3 is 9.47 Å². The van der Waals surface area contributed by atoms with Crippen molar-refractivity contribution in [2.75, 3.05) is 7.11 Å². The third kappa shape index (κ3) is 3.48. The van der Waals surface area contributed by atoms with Gasteiger partial charge in [-0.25, -0.2) is 4.79 Å². The molecule has 0 aliphatic carbocycles. The van der Waals surface area contributed by atoms with E-state index >= 15 is 0 Å². The van der Waals surface area contributed by atoms with Crippen LogP contribution in [0.25, 0.3) is 5.57 Å². The number of benzene rings is 1. The molecular formula is C20H24N2O3. The minimum atomic E-state index is -0.488. The van der Waals surface area contributed by atoms with Gasteiger partial charge in [-0.05, 0) is 63.3 Å². The molecule has 5 heteroatoms. The first kappa shape index (κ1) is 17.3. The fourth-order valence-electron chi connectivity index (χ4n) is 3.64. The molecule has 2 unspecified atom stereocenters. The number of rotatable bonds is 2. The maximum absolute atomic E-state index is 12.5. The molecule has 1 amide bonds. The Kier molecular flexibility index (Phi) is 4.47. The van der Waals surface area contributed by atoms with E-state index in [4.69, 9.17) is 9.47 Å². The van der Waals surface area contributed by atoms with Gasteiger partial charge in [0, 0.05) is 6.04 Å². The predicted octanol–water partition coefficient (Wildman–Crippen LogP) is 4.12. The molecule has 2 heterocycles. The molecule has 2 aliphatic heterocycles. The van der Waals surface area contributed by atoms with Gasteiger partial charge >= 0.3 is 6.09 Å². The van der Waals surface area contributed by atoms with Gasteiger partial charge in [0.25, 0.3) is 0 Å². The van der Waals surface area contributed by atoms with Crippen molar-refractivity contribution in [1.29, 1.82) is 5.26 Å². The number of amides is 1. The molecule has 1 aromatic rings. The van der Waals surface area contributed by atoms with E-state index in [2.05, 4.69) is 12.1 Å². The molecule has 0 spiro atoms. The fraction of sp³-hybridized carbons (Fsp3) is 0.500. The normalized spacial score (nSPS) is 22.2. The molecule has 0 saturated carbocycles. The van der Waals surface area contributed by atoms with E-state index in [9.17, 15) is 10.1 Å². The topological polar surface area (TPSA) is 62.6 Å². The number of hydrogen-bond donors (Lipinski definition) is 0. The van der Waals surface area contributed by atoms with Gasteiger partial charge in [-0.1, -0.05) is 12.1 Å². The van der Waals surface area contributed by atoms with E-state index in [-0.39, 0.29) is 18.2 Å². The van der Waals surface area contributed by atoms with E-state index in [1.165, 1.54) is 5.57 Å². The number of nitrogens with zero attached hydrogens (tertiary/aromatic N) is 2. The summed E-state index contributed by atoms with van der Waals surface area (Å²) < 4.78 is 10.8. The third-order valence-corrected chi connectivity index (χ3v) is 4.69. The average molecular weight is 340 g/mol. The Bertz CT molecular complexity index is 755. The van der Waals surface area contributed by atoms with Gasteiger partial charge in [-0.15, -0.1) is 0 Å². The van der Waals surface area contributed by atoms with Crippen molar-refractivity contribution >= 4 is 11.7 Å². The van der Waals surface area contributed by atoms with E-state index in [1.807, 2.05) is 43.9 Å². The molecule has 5 nitrogen and oxygen atoms in total. The summed E-state index contributed by atoms with van der Waals surface area (Å²) in [5.74, 6) is 0.584. The Labute approximate surface area is 148 Å². The van der Waals surface area contributed by atoms with Crippen molar-refractivity contribution in [2.24, 2.45) is 0 Å². The van der Waals surface area contributed by atoms with Crippen molar-refractivity contribution in [2.45, 2.75) is 57.7 Å². The first-order valence-corrected chi connectivity index (χ1v) is 8.63. The van der Waals surface area contributed by atoms with Gasteiger partial charge in [0.05, 0.1) is 18.7 Å². The highest BCUT2D eigenvalue weighted by Crippen LogP contribution is 2.40. The van der Waals surface area contributed by atoms with Gasteiger partial charge in [0.2, 0.25) is 0 Å². The highest BCUT2D eigenvalue weighted by atomic mass is 16.6. The van der Waals surface area contributed by atoms with Crippen LogP contribution in [0.4, 0.5) is 4.79 Å². The number of carbonyl (C=O) groups is 1. The highest BCUT2D eigenvalue weighted by Gasteiger charge is 2.41. The number of hydrogen-bond acceptors (Lipinski definition) is 4. The zero-order valence-electron chi connectivity index (χ0n) is 15.2. The monoisotopic (exact) mass is 340 g/mol. The molecule has 2 atom stereocenters. The number of carbonyl (C=O) groups excluding carboxylic acids is 1. The summed E-state index contributed by atoms with van der Waals surface area (Å²) in [5.41, 5.74) is 2.26. The second-order valence-corrected chi connectivity index (χ2v) is 7.61. The first-order valence-electron chi connectivity index (χ1n) is 8.63. The van der Waals surface area contributed by atoms with E-state index in [1.54, 1.807) is 7.11 Å². The molecule has 2 bridgehead atoms. The van der Waals surface area contributed by atoms with Crippen LogP contribution in [0, 0.1) is 11.3 Å². The quantitative estimate of drug-likeness (QED) is 0.812. The Morgan fingerprint density at radius 1 is 1.32 bits per heavy atom. The summed E-state index contributed by atoms with van der Waals surface area (Å²) in [6.07, 6.45) is 4.63. The molecule has 132 valence electrons. The SMILES string of the molecule is COc1ccc(C2=CC3CCC(C2)N3C(=O)OC(C)(C)C)cc1C#N. The summed E-state index contributed by atoms with van der Waals surface area (Å²) in [6.45, 7) is 5.66. The molecule has 3 rings (SSSR count). The second kappa shape index (κ2) is 6.44. The van der Waals surface area contributed by atoms with Crippen LogP contribution in [-0.4, -0.2) is 35.8 Å². The summed E-state index contributed by atoms with van der Waals surface area (Å²) in [4.78, 5) is 14.4. The largest absolute Gasteiger partial charge is 0.495 e. The van der Waals surface area contributed by atoms with Crippen LogP contribution in [0.15, 0.2) is 24.3 Å². The van der Waals surface area contributed by atoms with Crippen LogP contribution >= 0.6 is 0 Å². The minimum Gasteiger partial charge on any atom is -0.495 e. The van der Waals surface area contributed by atoms with Gasteiger partial charge in [0.15, 0.2) is 0 Å². The average Bonchev–Trinajstić information content (AvgIpc) is 2.83. The smallest absolute Gasteiger partial charge is 0.411 e. The van der Waals surface area contributed by atoms with Crippen molar-refractivity contribution in [3.05, 3.63) is 35.4 Å². The summed E-state index contributed by atoms with van der Waals surface area (Å²) in [6, 6.07) is 8.08. The van der Waals surface area contributed by atoms with Gasteiger partial charge in [0.1, 0.15) is 17.4 Å². The van der Waals surface area contributed by atoms with Crippen LogP contribution in [0.5, 0.6) is 5.75 Å².